The average molecular weight is 280 g/mol. The molecule has 1 aromatic rings. The van der Waals surface area contributed by atoms with Crippen molar-refractivity contribution in [1.82, 2.24) is 9.47 Å². The molecule has 0 saturated carbocycles. The van der Waals surface area contributed by atoms with Crippen molar-refractivity contribution < 1.29 is 9.90 Å². The minimum absolute atomic E-state index is 0.210. The van der Waals surface area contributed by atoms with Crippen molar-refractivity contribution in [3.05, 3.63) is 33.7 Å². The third-order valence-corrected chi connectivity index (χ3v) is 3.20. The van der Waals surface area contributed by atoms with Gasteiger partial charge in [-0.05, 0) is 44.5 Å². The summed E-state index contributed by atoms with van der Waals surface area (Å²) in [6, 6.07) is 0.721. The molecule has 1 aromatic heterocycles. The molecule has 0 aliphatic carbocycles. The van der Waals surface area contributed by atoms with Crippen LogP contribution in [0.5, 0.6) is 0 Å². The molecule has 0 saturated heterocycles. The molecule has 112 valence electrons. The van der Waals surface area contributed by atoms with Gasteiger partial charge < -0.3 is 14.6 Å². The largest absolute Gasteiger partial charge is 0.480 e. The normalized spacial score (nSPS) is 12.9. The highest BCUT2D eigenvalue weighted by Gasteiger charge is 2.22. The second kappa shape index (κ2) is 6.70. The number of aryl methyl sites for hydroxylation is 1. The second-order valence-electron chi connectivity index (χ2n) is 5.95. The van der Waals surface area contributed by atoms with Crippen molar-refractivity contribution in [1.29, 1.82) is 0 Å². The standard InChI is InChI=1S/C15H24N2O3/c1-10(2)6-13(15(19)20)17-9-12(8-16(4)5)11(3)7-14(17)18/h7,9-10,13H,6,8H2,1-5H3,(H,19,20). The summed E-state index contributed by atoms with van der Waals surface area (Å²) < 4.78 is 1.36. The van der Waals surface area contributed by atoms with Gasteiger partial charge in [0.2, 0.25) is 0 Å². The zero-order valence-electron chi connectivity index (χ0n) is 12.9. The summed E-state index contributed by atoms with van der Waals surface area (Å²) in [6.07, 6.45) is 2.14. The van der Waals surface area contributed by atoms with Crippen molar-refractivity contribution >= 4 is 5.97 Å². The van der Waals surface area contributed by atoms with Crippen molar-refractivity contribution in [2.45, 2.75) is 39.8 Å². The maximum absolute atomic E-state index is 12.1. The lowest BCUT2D eigenvalue weighted by molar-refractivity contribution is -0.141. The zero-order valence-corrected chi connectivity index (χ0v) is 12.9. The van der Waals surface area contributed by atoms with E-state index < -0.39 is 12.0 Å². The Morgan fingerprint density at radius 2 is 2.00 bits per heavy atom. The van der Waals surface area contributed by atoms with Gasteiger partial charge in [0.05, 0.1) is 0 Å². The lowest BCUT2D eigenvalue weighted by Crippen LogP contribution is -2.31. The van der Waals surface area contributed by atoms with Crippen LogP contribution < -0.4 is 5.56 Å². The van der Waals surface area contributed by atoms with Gasteiger partial charge in [0.25, 0.3) is 5.56 Å². The highest BCUT2D eigenvalue weighted by Crippen LogP contribution is 2.18. The Bertz CT molecular complexity index is 532. The van der Waals surface area contributed by atoms with E-state index in [4.69, 9.17) is 0 Å². The van der Waals surface area contributed by atoms with E-state index >= 15 is 0 Å². The molecule has 0 bridgehead atoms. The summed E-state index contributed by atoms with van der Waals surface area (Å²) in [7, 11) is 3.88. The van der Waals surface area contributed by atoms with Gasteiger partial charge >= 0.3 is 5.97 Å². The Hall–Kier alpha value is -1.62. The molecular formula is C15H24N2O3. The first-order valence-electron chi connectivity index (χ1n) is 6.81. The van der Waals surface area contributed by atoms with Gasteiger partial charge in [-0.3, -0.25) is 4.79 Å². The molecular weight excluding hydrogens is 256 g/mol. The Morgan fingerprint density at radius 3 is 2.45 bits per heavy atom. The number of aliphatic carboxylic acids is 1. The molecule has 1 rings (SSSR count). The summed E-state index contributed by atoms with van der Waals surface area (Å²) in [5.74, 6) is -0.748. The van der Waals surface area contributed by atoms with Crippen molar-refractivity contribution in [2.75, 3.05) is 14.1 Å². The lowest BCUT2D eigenvalue weighted by Gasteiger charge is -2.20. The van der Waals surface area contributed by atoms with Crippen LogP contribution in [0.15, 0.2) is 17.1 Å². The molecule has 1 atom stereocenters. The van der Waals surface area contributed by atoms with E-state index in [2.05, 4.69) is 0 Å². The second-order valence-corrected chi connectivity index (χ2v) is 5.95. The fraction of sp³-hybridized carbons (Fsp3) is 0.600. The van der Waals surface area contributed by atoms with Crippen LogP contribution in [0.1, 0.15) is 37.4 Å². The molecule has 0 fully saturated rings. The number of hydrogen-bond acceptors (Lipinski definition) is 3. The van der Waals surface area contributed by atoms with Crippen LogP contribution in [0.4, 0.5) is 0 Å². The summed E-state index contributed by atoms with van der Waals surface area (Å²) in [5.41, 5.74) is 1.62. The van der Waals surface area contributed by atoms with Gasteiger partial charge in [-0.2, -0.15) is 0 Å². The topological polar surface area (TPSA) is 62.5 Å². The molecule has 0 radical (unpaired) electrons. The SMILES string of the molecule is Cc1cc(=O)n(C(CC(C)C)C(=O)O)cc1CN(C)C. The van der Waals surface area contributed by atoms with E-state index in [-0.39, 0.29) is 11.5 Å². The van der Waals surface area contributed by atoms with E-state index in [1.54, 1.807) is 6.20 Å². The predicted octanol–water partition coefficient (Wildman–Crippen LogP) is 1.89. The van der Waals surface area contributed by atoms with Gasteiger partial charge in [-0.1, -0.05) is 13.8 Å². The highest BCUT2D eigenvalue weighted by atomic mass is 16.4. The van der Waals surface area contributed by atoms with Crippen LogP contribution in [0.25, 0.3) is 0 Å². The zero-order chi connectivity index (χ0) is 15.4. The van der Waals surface area contributed by atoms with Crippen molar-refractivity contribution in [3.8, 4) is 0 Å². The smallest absolute Gasteiger partial charge is 0.326 e. The number of nitrogens with zero attached hydrogens (tertiary/aromatic N) is 2. The molecule has 0 spiro atoms. The minimum Gasteiger partial charge on any atom is -0.480 e. The monoisotopic (exact) mass is 280 g/mol. The number of carboxylic acids is 1. The molecule has 0 aliphatic heterocycles. The first kappa shape index (κ1) is 16.4. The van der Waals surface area contributed by atoms with Crippen LogP contribution in [-0.2, 0) is 11.3 Å². The fourth-order valence-electron chi connectivity index (χ4n) is 2.22. The van der Waals surface area contributed by atoms with E-state index in [1.807, 2.05) is 39.8 Å². The third kappa shape index (κ3) is 4.20. The first-order chi connectivity index (χ1) is 9.22. The van der Waals surface area contributed by atoms with E-state index in [1.165, 1.54) is 10.6 Å². The number of rotatable bonds is 6. The number of carboxylic acid groups (broad SMARTS) is 1. The molecule has 20 heavy (non-hydrogen) atoms. The van der Waals surface area contributed by atoms with Crippen LogP contribution in [-0.4, -0.2) is 34.6 Å². The maximum atomic E-state index is 12.1. The minimum atomic E-state index is -0.958. The van der Waals surface area contributed by atoms with Gasteiger partial charge in [-0.25, -0.2) is 4.79 Å². The molecule has 1 heterocycles. The number of carbonyl (C=O) groups is 1. The summed E-state index contributed by atoms with van der Waals surface area (Å²) in [6.45, 7) is 6.47. The van der Waals surface area contributed by atoms with Crippen molar-refractivity contribution in [2.24, 2.45) is 5.92 Å². The van der Waals surface area contributed by atoms with Crippen LogP contribution in [0.2, 0.25) is 0 Å². The molecule has 0 aliphatic rings. The molecule has 5 heteroatoms. The van der Waals surface area contributed by atoms with Gasteiger partial charge in [-0.15, -0.1) is 0 Å². The Balaban J connectivity index is 3.27. The highest BCUT2D eigenvalue weighted by molar-refractivity contribution is 5.71. The van der Waals surface area contributed by atoms with Crippen LogP contribution >= 0.6 is 0 Å². The molecule has 1 N–H and O–H groups in total. The number of pyridine rings is 1. The van der Waals surface area contributed by atoms with Gasteiger partial charge in [0, 0.05) is 18.8 Å². The summed E-state index contributed by atoms with van der Waals surface area (Å²) >= 11 is 0. The number of hydrogen-bond donors (Lipinski definition) is 1. The number of aromatic nitrogens is 1. The Labute approximate surface area is 119 Å². The van der Waals surface area contributed by atoms with E-state index in [0.29, 0.717) is 13.0 Å². The summed E-state index contributed by atoms with van der Waals surface area (Å²) in [5, 5.41) is 9.37. The van der Waals surface area contributed by atoms with E-state index in [0.717, 1.165) is 11.1 Å². The molecule has 0 amide bonds. The predicted molar refractivity (Wildman–Crippen MR) is 79.0 cm³/mol. The lowest BCUT2D eigenvalue weighted by atomic mass is 10.0. The first-order valence-corrected chi connectivity index (χ1v) is 6.81. The maximum Gasteiger partial charge on any atom is 0.326 e. The quantitative estimate of drug-likeness (QED) is 0.864. The average Bonchev–Trinajstić information content (AvgIpc) is 2.29. The van der Waals surface area contributed by atoms with Crippen LogP contribution in [0, 0.1) is 12.8 Å². The molecule has 0 aromatic carbocycles. The van der Waals surface area contributed by atoms with E-state index in [9.17, 15) is 14.7 Å². The van der Waals surface area contributed by atoms with Gasteiger partial charge in [0.15, 0.2) is 0 Å². The molecule has 5 nitrogen and oxygen atoms in total. The Kier molecular flexibility index (Phi) is 5.51. The van der Waals surface area contributed by atoms with Gasteiger partial charge in [0.1, 0.15) is 6.04 Å². The molecule has 1 unspecified atom stereocenters. The fourth-order valence-corrected chi connectivity index (χ4v) is 2.22. The Morgan fingerprint density at radius 1 is 1.40 bits per heavy atom. The summed E-state index contributed by atoms with van der Waals surface area (Å²) in [4.78, 5) is 25.5. The van der Waals surface area contributed by atoms with Crippen molar-refractivity contribution in [3.63, 3.8) is 0 Å². The third-order valence-electron chi connectivity index (χ3n) is 3.20. The van der Waals surface area contributed by atoms with Crippen LogP contribution in [0.3, 0.4) is 0 Å².